The number of hydrogen-bond donors (Lipinski definition) is 1. The molecule has 0 bridgehead atoms. The average Bonchev–Trinajstić information content (AvgIpc) is 2.75. The maximum Gasteiger partial charge on any atom is 0.230 e. The number of rotatable bonds is 8. The van der Waals surface area contributed by atoms with Gasteiger partial charge in [0.05, 0.1) is 27.1 Å². The molecular formula is C22H22ClNO4S. The van der Waals surface area contributed by atoms with Crippen LogP contribution in [0.25, 0.3) is 10.8 Å². The molecule has 3 rings (SSSR count). The highest BCUT2D eigenvalue weighted by molar-refractivity contribution is 8.00. The first-order chi connectivity index (χ1) is 14.1. The molecule has 152 valence electrons. The number of thioether (sulfide) groups is 1. The minimum Gasteiger partial charge on any atom is -0.496 e. The number of hydrogen-bond acceptors (Lipinski definition) is 5. The SMILES string of the molecule is COc1cc(OC)c(OC)cc1CNC(=O)CSc1cccc2cccc(Cl)c12. The fourth-order valence-corrected chi connectivity index (χ4v) is 4.28. The van der Waals surface area contributed by atoms with Crippen LogP contribution >= 0.6 is 23.4 Å². The fourth-order valence-electron chi connectivity index (χ4n) is 3.00. The standard InChI is InChI=1S/C22H22ClNO4S/c1-26-17-11-19(28-3)18(27-2)10-15(17)12-24-21(25)13-29-20-9-5-7-14-6-4-8-16(23)22(14)20/h4-11H,12-13H2,1-3H3,(H,24,25). The number of carbonyl (C=O) groups excluding carboxylic acids is 1. The summed E-state index contributed by atoms with van der Waals surface area (Å²) in [6.07, 6.45) is 0. The number of nitrogens with one attached hydrogen (secondary N) is 1. The van der Waals surface area contributed by atoms with Gasteiger partial charge < -0.3 is 19.5 Å². The largest absolute Gasteiger partial charge is 0.496 e. The van der Waals surface area contributed by atoms with Crippen molar-refractivity contribution in [3.8, 4) is 17.2 Å². The first kappa shape index (κ1) is 21.1. The molecule has 0 saturated heterocycles. The highest BCUT2D eigenvalue weighted by atomic mass is 35.5. The lowest BCUT2D eigenvalue weighted by Gasteiger charge is -2.14. The summed E-state index contributed by atoms with van der Waals surface area (Å²) < 4.78 is 16.0. The third-order valence-electron chi connectivity index (χ3n) is 4.44. The second kappa shape index (κ2) is 9.76. The highest BCUT2D eigenvalue weighted by Crippen LogP contribution is 2.35. The number of ether oxygens (including phenoxy) is 3. The number of benzene rings is 3. The number of carbonyl (C=O) groups is 1. The van der Waals surface area contributed by atoms with Gasteiger partial charge in [-0.05, 0) is 23.6 Å². The van der Waals surface area contributed by atoms with Gasteiger partial charge in [-0.1, -0.05) is 35.9 Å². The van der Waals surface area contributed by atoms with Crippen molar-refractivity contribution in [3.63, 3.8) is 0 Å². The van der Waals surface area contributed by atoms with E-state index in [9.17, 15) is 4.79 Å². The van der Waals surface area contributed by atoms with E-state index in [1.165, 1.54) is 11.8 Å². The van der Waals surface area contributed by atoms with Crippen LogP contribution in [0.2, 0.25) is 5.02 Å². The molecular weight excluding hydrogens is 410 g/mol. The third-order valence-corrected chi connectivity index (χ3v) is 5.81. The van der Waals surface area contributed by atoms with Gasteiger partial charge in [0.25, 0.3) is 0 Å². The van der Waals surface area contributed by atoms with Crippen LogP contribution in [-0.4, -0.2) is 33.0 Å². The lowest BCUT2D eigenvalue weighted by atomic mass is 10.1. The minimum atomic E-state index is -0.0871. The summed E-state index contributed by atoms with van der Waals surface area (Å²) in [7, 11) is 4.71. The van der Waals surface area contributed by atoms with E-state index >= 15 is 0 Å². The Morgan fingerprint density at radius 3 is 2.31 bits per heavy atom. The highest BCUT2D eigenvalue weighted by Gasteiger charge is 2.13. The average molecular weight is 432 g/mol. The Hall–Kier alpha value is -2.57. The van der Waals surface area contributed by atoms with Crippen molar-refractivity contribution in [2.75, 3.05) is 27.1 Å². The summed E-state index contributed by atoms with van der Waals surface area (Å²) in [6, 6.07) is 15.3. The van der Waals surface area contributed by atoms with Crippen molar-refractivity contribution >= 4 is 40.0 Å². The molecule has 0 fully saturated rings. The van der Waals surface area contributed by atoms with Gasteiger partial charge in [0.1, 0.15) is 5.75 Å². The molecule has 7 heteroatoms. The summed E-state index contributed by atoms with van der Waals surface area (Å²) in [5.74, 6) is 1.97. The van der Waals surface area contributed by atoms with Crippen LogP contribution < -0.4 is 19.5 Å². The van der Waals surface area contributed by atoms with Crippen LogP contribution in [0.5, 0.6) is 17.2 Å². The van der Waals surface area contributed by atoms with Crippen LogP contribution in [0.3, 0.4) is 0 Å². The first-order valence-electron chi connectivity index (χ1n) is 8.93. The van der Waals surface area contributed by atoms with E-state index in [1.807, 2.05) is 36.4 Å². The van der Waals surface area contributed by atoms with Crippen molar-refractivity contribution in [1.29, 1.82) is 0 Å². The van der Waals surface area contributed by atoms with Crippen LogP contribution in [0.4, 0.5) is 0 Å². The molecule has 0 atom stereocenters. The number of amides is 1. The summed E-state index contributed by atoms with van der Waals surface area (Å²) in [5, 5.41) is 5.63. The third kappa shape index (κ3) is 4.89. The van der Waals surface area contributed by atoms with Gasteiger partial charge in [-0.3, -0.25) is 4.79 Å². The van der Waals surface area contributed by atoms with Gasteiger partial charge in [-0.2, -0.15) is 0 Å². The number of halogens is 1. The zero-order valence-electron chi connectivity index (χ0n) is 16.5. The second-order valence-electron chi connectivity index (χ2n) is 6.18. The van der Waals surface area contributed by atoms with Crippen molar-refractivity contribution in [2.45, 2.75) is 11.4 Å². The molecule has 3 aromatic rings. The lowest BCUT2D eigenvalue weighted by molar-refractivity contribution is -0.118. The van der Waals surface area contributed by atoms with Gasteiger partial charge in [0.15, 0.2) is 11.5 Å². The van der Waals surface area contributed by atoms with E-state index < -0.39 is 0 Å². The Bertz CT molecular complexity index is 1020. The summed E-state index contributed by atoms with van der Waals surface area (Å²) in [4.78, 5) is 13.4. The van der Waals surface area contributed by atoms with E-state index in [4.69, 9.17) is 25.8 Å². The Balaban J connectivity index is 1.67. The molecule has 1 N–H and O–H groups in total. The van der Waals surface area contributed by atoms with E-state index in [-0.39, 0.29) is 11.7 Å². The molecule has 0 aliphatic rings. The van der Waals surface area contributed by atoms with Gasteiger partial charge in [-0.25, -0.2) is 0 Å². The van der Waals surface area contributed by atoms with Gasteiger partial charge in [-0.15, -0.1) is 11.8 Å². The Labute approximate surface area is 179 Å². The first-order valence-corrected chi connectivity index (χ1v) is 10.3. The molecule has 0 heterocycles. The molecule has 29 heavy (non-hydrogen) atoms. The van der Waals surface area contributed by atoms with Crippen LogP contribution in [0.1, 0.15) is 5.56 Å². The van der Waals surface area contributed by atoms with Crippen molar-refractivity contribution in [3.05, 3.63) is 59.1 Å². The van der Waals surface area contributed by atoms with Crippen LogP contribution in [-0.2, 0) is 11.3 Å². The Morgan fingerprint density at radius 1 is 0.966 bits per heavy atom. The van der Waals surface area contributed by atoms with Gasteiger partial charge >= 0.3 is 0 Å². The van der Waals surface area contributed by atoms with Crippen molar-refractivity contribution in [1.82, 2.24) is 5.32 Å². The molecule has 0 spiro atoms. The smallest absolute Gasteiger partial charge is 0.230 e. The predicted molar refractivity (Wildman–Crippen MR) is 118 cm³/mol. The summed E-state index contributed by atoms with van der Waals surface area (Å²) >= 11 is 7.81. The number of fused-ring (bicyclic) bond motifs is 1. The zero-order chi connectivity index (χ0) is 20.8. The monoisotopic (exact) mass is 431 g/mol. The maximum atomic E-state index is 12.4. The topological polar surface area (TPSA) is 56.8 Å². The van der Waals surface area contributed by atoms with Crippen molar-refractivity contribution in [2.24, 2.45) is 0 Å². The van der Waals surface area contributed by atoms with E-state index in [2.05, 4.69) is 5.32 Å². The number of methoxy groups -OCH3 is 3. The molecule has 0 aliphatic heterocycles. The summed E-state index contributed by atoms with van der Waals surface area (Å²) in [5.41, 5.74) is 0.803. The van der Waals surface area contributed by atoms with Gasteiger partial charge in [0, 0.05) is 33.5 Å². The molecule has 0 saturated carbocycles. The van der Waals surface area contributed by atoms with Crippen LogP contribution in [0.15, 0.2) is 53.4 Å². The second-order valence-corrected chi connectivity index (χ2v) is 7.60. The Kier molecular flexibility index (Phi) is 7.12. The molecule has 3 aromatic carbocycles. The Morgan fingerprint density at radius 2 is 1.62 bits per heavy atom. The van der Waals surface area contributed by atoms with E-state index in [0.717, 1.165) is 21.2 Å². The fraction of sp³-hybridized carbons (Fsp3) is 0.227. The molecule has 0 aromatic heterocycles. The quantitative estimate of drug-likeness (QED) is 0.512. The molecule has 0 aliphatic carbocycles. The zero-order valence-corrected chi connectivity index (χ0v) is 18.0. The van der Waals surface area contributed by atoms with E-state index in [1.54, 1.807) is 33.5 Å². The molecule has 1 amide bonds. The normalized spacial score (nSPS) is 10.6. The predicted octanol–water partition coefficient (Wildman–Crippen LogP) is 4.93. The van der Waals surface area contributed by atoms with Crippen LogP contribution in [0, 0.1) is 0 Å². The molecule has 0 unspecified atom stereocenters. The lowest BCUT2D eigenvalue weighted by Crippen LogP contribution is -2.24. The molecule has 0 radical (unpaired) electrons. The molecule has 5 nitrogen and oxygen atoms in total. The minimum absolute atomic E-state index is 0.0871. The summed E-state index contributed by atoms with van der Waals surface area (Å²) in [6.45, 7) is 0.319. The maximum absolute atomic E-state index is 12.4. The van der Waals surface area contributed by atoms with Crippen molar-refractivity contribution < 1.29 is 19.0 Å². The van der Waals surface area contributed by atoms with E-state index in [0.29, 0.717) is 28.8 Å². The van der Waals surface area contributed by atoms with Gasteiger partial charge in [0.2, 0.25) is 5.91 Å².